The quantitative estimate of drug-likeness (QED) is 0.331. The van der Waals surface area contributed by atoms with Gasteiger partial charge in [-0.1, -0.05) is 6.92 Å². The average molecular weight is 561 g/mol. The van der Waals surface area contributed by atoms with Crippen LogP contribution in [0.4, 0.5) is 0 Å². The van der Waals surface area contributed by atoms with Crippen molar-refractivity contribution in [3.8, 4) is 0 Å². The molecule has 2 heterocycles. The lowest BCUT2D eigenvalue weighted by atomic mass is 9.46. The summed E-state index contributed by atoms with van der Waals surface area (Å²) in [6.07, 6.45) is -3.00. The summed E-state index contributed by atoms with van der Waals surface area (Å²) < 4.78 is 16.2. The zero-order valence-corrected chi connectivity index (χ0v) is 22.5. The van der Waals surface area contributed by atoms with Gasteiger partial charge in [-0.15, -0.1) is 0 Å². The fourth-order valence-electron chi connectivity index (χ4n) is 8.59. The number of rotatable bonds is 3. The zero-order valence-electron chi connectivity index (χ0n) is 22.5. The first kappa shape index (κ1) is 27.7. The second-order valence-corrected chi connectivity index (χ2v) is 12.6. The van der Waals surface area contributed by atoms with E-state index in [0.29, 0.717) is 43.2 Å². The Morgan fingerprint density at radius 3 is 2.35 bits per heavy atom. The van der Waals surface area contributed by atoms with Gasteiger partial charge in [0.25, 0.3) is 0 Å². The number of ketones is 2. The van der Waals surface area contributed by atoms with Crippen LogP contribution < -0.4 is 5.63 Å². The van der Waals surface area contributed by atoms with E-state index in [1.807, 2.05) is 6.92 Å². The summed E-state index contributed by atoms with van der Waals surface area (Å²) in [6.45, 7) is 3.28. The van der Waals surface area contributed by atoms with E-state index >= 15 is 0 Å². The number of aliphatic hydroxyl groups excluding tert-OH is 4. The molecule has 5 aliphatic rings. The van der Waals surface area contributed by atoms with Crippen molar-refractivity contribution in [3.63, 3.8) is 0 Å². The zero-order chi connectivity index (χ0) is 28.8. The van der Waals surface area contributed by atoms with Crippen molar-refractivity contribution in [3.05, 3.63) is 45.7 Å². The van der Waals surface area contributed by atoms with Crippen molar-refractivity contribution in [1.82, 2.24) is 0 Å². The summed E-state index contributed by atoms with van der Waals surface area (Å²) in [5, 5.41) is 53.8. The average Bonchev–Trinajstić information content (AvgIpc) is 3.21. The number of carbonyl (C=O) groups is 2. The van der Waals surface area contributed by atoms with Gasteiger partial charge in [0.1, 0.15) is 24.4 Å². The van der Waals surface area contributed by atoms with Gasteiger partial charge in [-0.3, -0.25) is 9.59 Å². The van der Waals surface area contributed by atoms with E-state index < -0.39 is 82.1 Å². The van der Waals surface area contributed by atoms with E-state index in [2.05, 4.69) is 0 Å². The van der Waals surface area contributed by atoms with E-state index in [1.165, 1.54) is 12.3 Å². The molecule has 0 bridgehead atoms. The third kappa shape index (κ3) is 3.61. The van der Waals surface area contributed by atoms with E-state index in [9.17, 15) is 39.9 Å². The molecule has 0 aromatic carbocycles. The summed E-state index contributed by atoms with van der Waals surface area (Å²) in [4.78, 5) is 39.3. The first-order valence-corrected chi connectivity index (χ1v) is 14.0. The molecular formula is C29H36O11. The van der Waals surface area contributed by atoms with Crippen LogP contribution in [0.15, 0.2) is 38.9 Å². The van der Waals surface area contributed by atoms with Crippen LogP contribution in [0, 0.1) is 22.7 Å². The highest BCUT2D eigenvalue weighted by molar-refractivity contribution is 6.02. The minimum atomic E-state index is -1.52. The highest BCUT2D eigenvalue weighted by atomic mass is 16.7. The highest BCUT2D eigenvalue weighted by Gasteiger charge is 2.71. The van der Waals surface area contributed by atoms with Crippen LogP contribution in [0.1, 0.15) is 63.9 Å². The molecule has 1 saturated heterocycles. The van der Waals surface area contributed by atoms with Gasteiger partial charge in [-0.25, -0.2) is 4.79 Å². The molecule has 0 radical (unpaired) electrons. The summed E-state index contributed by atoms with van der Waals surface area (Å²) in [6, 6.07) is 2.88. The summed E-state index contributed by atoms with van der Waals surface area (Å²) >= 11 is 0. The maximum Gasteiger partial charge on any atom is 0.335 e. The van der Waals surface area contributed by atoms with Crippen LogP contribution in [0.25, 0.3) is 0 Å². The Labute approximate surface area is 230 Å². The van der Waals surface area contributed by atoms with Crippen molar-refractivity contribution < 1.29 is 49.0 Å². The second kappa shape index (κ2) is 9.30. The minimum absolute atomic E-state index is 0.218. The Bertz CT molecular complexity index is 1300. The molecule has 5 N–H and O–H groups in total. The Morgan fingerprint density at radius 2 is 1.65 bits per heavy atom. The number of allylic oxidation sites excluding steroid dienone is 1. The molecule has 11 nitrogen and oxygen atoms in total. The van der Waals surface area contributed by atoms with E-state index in [4.69, 9.17) is 13.9 Å². The normalized spacial score (nSPS) is 47.0. The third-order valence-corrected chi connectivity index (χ3v) is 10.9. The van der Waals surface area contributed by atoms with Crippen molar-refractivity contribution in [2.24, 2.45) is 22.7 Å². The Balaban J connectivity index is 1.31. The van der Waals surface area contributed by atoms with Gasteiger partial charge < -0.3 is 39.4 Å². The predicted octanol–water partition coefficient (Wildman–Crippen LogP) is 0.869. The molecule has 4 aliphatic carbocycles. The SMILES string of the molecule is CC12CCC(OC3OCC(O)C(O)C3O)C(=O)C1CCC1C2=C(O)C(=O)C2(C)C(c3ccc(=O)oc3)CCC12O. The van der Waals surface area contributed by atoms with Crippen molar-refractivity contribution >= 4 is 11.6 Å². The topological polar surface area (TPSA) is 184 Å². The molecule has 1 aromatic heterocycles. The number of fused-ring (bicyclic) bond motifs is 5. The van der Waals surface area contributed by atoms with Gasteiger partial charge in [0.05, 0.1) is 23.9 Å². The fraction of sp³-hybridized carbons (Fsp3) is 0.690. The number of carbonyl (C=O) groups excluding carboxylic acids is 2. The van der Waals surface area contributed by atoms with Gasteiger partial charge >= 0.3 is 5.63 Å². The molecular weight excluding hydrogens is 524 g/mol. The first-order valence-electron chi connectivity index (χ1n) is 14.0. The monoisotopic (exact) mass is 560 g/mol. The van der Waals surface area contributed by atoms with Crippen molar-refractivity contribution in [2.45, 2.75) is 94.6 Å². The van der Waals surface area contributed by atoms with Gasteiger partial charge in [0, 0.05) is 29.2 Å². The number of Topliss-reactive ketones (excluding diaryl/α,β-unsaturated/α-hetero) is 2. The van der Waals surface area contributed by atoms with Crippen molar-refractivity contribution in [2.75, 3.05) is 6.61 Å². The maximum atomic E-state index is 14.0. The molecule has 6 rings (SSSR count). The molecule has 11 atom stereocenters. The molecule has 40 heavy (non-hydrogen) atoms. The van der Waals surface area contributed by atoms with E-state index in [0.717, 1.165) is 0 Å². The van der Waals surface area contributed by atoms with Crippen LogP contribution in [0.5, 0.6) is 0 Å². The largest absolute Gasteiger partial charge is 0.504 e. The number of ether oxygens (including phenoxy) is 2. The van der Waals surface area contributed by atoms with Gasteiger partial charge in [-0.2, -0.15) is 0 Å². The molecule has 11 unspecified atom stereocenters. The van der Waals surface area contributed by atoms with Gasteiger partial charge in [0.2, 0.25) is 5.78 Å². The van der Waals surface area contributed by atoms with Crippen LogP contribution in [0.2, 0.25) is 0 Å². The van der Waals surface area contributed by atoms with Crippen LogP contribution in [-0.2, 0) is 19.1 Å². The molecule has 4 fully saturated rings. The predicted molar refractivity (Wildman–Crippen MR) is 136 cm³/mol. The number of aliphatic hydroxyl groups is 5. The van der Waals surface area contributed by atoms with Gasteiger partial charge in [0.15, 0.2) is 17.8 Å². The molecule has 0 amide bonds. The Morgan fingerprint density at radius 1 is 0.925 bits per heavy atom. The lowest BCUT2D eigenvalue weighted by molar-refractivity contribution is -0.282. The summed E-state index contributed by atoms with van der Waals surface area (Å²) in [5.41, 5.74) is -3.19. The molecule has 1 aromatic rings. The standard InChI is InChI=1S/C29H36O11/c1-27-9-8-18(40-26-24(35)22(33)17(30)12-39-26)21(32)16(27)5-4-15-20(27)23(34)25(36)28(2)14(7-10-29(15,28)37)13-3-6-19(31)38-11-13/h3,6,11,14-18,22,24,26,30,33-35,37H,4-5,7-10,12H2,1-2H3. The molecule has 1 aliphatic heterocycles. The number of hydrogen-bond acceptors (Lipinski definition) is 11. The molecule has 3 saturated carbocycles. The van der Waals surface area contributed by atoms with E-state index in [-0.39, 0.29) is 18.8 Å². The second-order valence-electron chi connectivity index (χ2n) is 12.6. The lowest BCUT2D eigenvalue weighted by Gasteiger charge is -2.58. The maximum absolute atomic E-state index is 14.0. The first-order chi connectivity index (χ1) is 18.8. The summed E-state index contributed by atoms with van der Waals surface area (Å²) in [5.74, 6) is -2.83. The Hall–Kier alpha value is -2.41. The van der Waals surface area contributed by atoms with Crippen LogP contribution in [0.3, 0.4) is 0 Å². The molecule has 218 valence electrons. The Kier molecular flexibility index (Phi) is 6.45. The lowest BCUT2D eigenvalue weighted by Crippen LogP contribution is -2.63. The molecule has 11 heteroatoms. The minimum Gasteiger partial charge on any atom is -0.504 e. The summed E-state index contributed by atoms with van der Waals surface area (Å²) in [7, 11) is 0. The van der Waals surface area contributed by atoms with Crippen LogP contribution >= 0.6 is 0 Å². The van der Waals surface area contributed by atoms with E-state index in [1.54, 1.807) is 13.0 Å². The fourth-order valence-corrected chi connectivity index (χ4v) is 8.59. The molecule has 0 spiro atoms. The van der Waals surface area contributed by atoms with Gasteiger partial charge in [-0.05, 0) is 62.7 Å². The smallest absolute Gasteiger partial charge is 0.335 e. The van der Waals surface area contributed by atoms with Crippen molar-refractivity contribution in [1.29, 1.82) is 0 Å². The number of hydrogen-bond donors (Lipinski definition) is 5. The third-order valence-electron chi connectivity index (χ3n) is 10.9. The van der Waals surface area contributed by atoms with Crippen LogP contribution in [-0.4, -0.2) is 80.0 Å². The highest BCUT2D eigenvalue weighted by Crippen LogP contribution is 2.68.